The van der Waals surface area contributed by atoms with E-state index in [4.69, 9.17) is 12.6 Å². The van der Waals surface area contributed by atoms with E-state index in [9.17, 15) is 0 Å². The Kier molecular flexibility index (Phi) is 1.67. The van der Waals surface area contributed by atoms with E-state index in [0.717, 1.165) is 0 Å². The third-order valence-corrected chi connectivity index (χ3v) is 0.870. The highest BCUT2D eigenvalue weighted by Crippen LogP contribution is 1.96. The van der Waals surface area contributed by atoms with Crippen LogP contribution in [0.15, 0.2) is 12.1 Å². The summed E-state index contributed by atoms with van der Waals surface area (Å²) in [6, 6.07) is 3.29. The molecule has 0 bridgehead atoms. The fraction of sp³-hybridized carbons (Fsp3) is 0.200. The van der Waals surface area contributed by atoms with E-state index in [1.54, 1.807) is 12.1 Å². The first kappa shape index (κ1) is 6.07. The van der Waals surface area contributed by atoms with Crippen LogP contribution in [0.25, 0.3) is 0 Å². The predicted molar refractivity (Wildman–Crippen MR) is 34.0 cm³/mol. The monoisotopic (exact) mass is 120 g/mol. The highest BCUT2D eigenvalue weighted by molar-refractivity contribution is 6.30. The summed E-state index contributed by atoms with van der Waals surface area (Å²) in [6.07, 6.45) is 0. The summed E-state index contributed by atoms with van der Waals surface area (Å²) in [7, 11) is 6.78. The second-order valence-electron chi connectivity index (χ2n) is 1.50. The molecule has 1 rings (SSSR count). The molecule has 1 heterocycles. The number of hydrogen-bond acceptors (Lipinski definition) is 3. The molecular formula is C5H5BN2O. The standard InChI is InChI=1S/C5H5BN2O/c1-9-5-3-2-4(6)7-8-5/h2-3H,1H3. The summed E-state index contributed by atoms with van der Waals surface area (Å²) in [4.78, 5) is 0. The molecule has 0 atom stereocenters. The Hall–Kier alpha value is -1.06. The van der Waals surface area contributed by atoms with Gasteiger partial charge < -0.3 is 4.74 Å². The van der Waals surface area contributed by atoms with E-state index in [1.165, 1.54) is 7.11 Å². The van der Waals surface area contributed by atoms with E-state index < -0.39 is 0 Å². The van der Waals surface area contributed by atoms with Crippen LogP contribution in [0, 0.1) is 0 Å². The van der Waals surface area contributed by atoms with Gasteiger partial charge >= 0.3 is 0 Å². The van der Waals surface area contributed by atoms with Gasteiger partial charge in [0.15, 0.2) is 0 Å². The summed E-state index contributed by atoms with van der Waals surface area (Å²) < 4.78 is 4.74. The minimum absolute atomic E-state index is 0.399. The predicted octanol–water partition coefficient (Wildman–Crippen LogP) is -0.721. The Balaban J connectivity index is 2.88. The van der Waals surface area contributed by atoms with Crippen molar-refractivity contribution in [1.82, 2.24) is 10.2 Å². The second kappa shape index (κ2) is 2.48. The third kappa shape index (κ3) is 1.42. The van der Waals surface area contributed by atoms with Gasteiger partial charge in [0.1, 0.15) is 7.85 Å². The molecule has 9 heavy (non-hydrogen) atoms. The lowest BCUT2D eigenvalue weighted by atomic mass is 10.1. The molecular weight excluding hydrogens is 115 g/mol. The topological polar surface area (TPSA) is 35.0 Å². The van der Waals surface area contributed by atoms with Gasteiger partial charge in [-0.1, -0.05) is 0 Å². The Morgan fingerprint density at radius 1 is 1.44 bits per heavy atom. The van der Waals surface area contributed by atoms with Crippen molar-refractivity contribution >= 4 is 13.4 Å². The molecule has 0 unspecified atom stereocenters. The zero-order valence-electron chi connectivity index (χ0n) is 5.03. The molecule has 0 spiro atoms. The van der Waals surface area contributed by atoms with Gasteiger partial charge in [-0.3, -0.25) is 0 Å². The summed E-state index contributed by atoms with van der Waals surface area (Å²) in [6.45, 7) is 0. The van der Waals surface area contributed by atoms with Gasteiger partial charge in [0.2, 0.25) is 5.88 Å². The smallest absolute Gasteiger partial charge is 0.233 e. The summed E-state index contributed by atoms with van der Waals surface area (Å²) >= 11 is 0. The first-order chi connectivity index (χ1) is 4.33. The lowest BCUT2D eigenvalue weighted by Crippen LogP contribution is -2.08. The van der Waals surface area contributed by atoms with E-state index in [-0.39, 0.29) is 0 Å². The van der Waals surface area contributed by atoms with Crippen molar-refractivity contribution in [2.24, 2.45) is 0 Å². The number of rotatable bonds is 1. The van der Waals surface area contributed by atoms with E-state index >= 15 is 0 Å². The summed E-state index contributed by atoms with van der Waals surface area (Å²) in [5.41, 5.74) is 0.399. The quantitative estimate of drug-likeness (QED) is 0.458. The van der Waals surface area contributed by atoms with Crippen LogP contribution in [0.2, 0.25) is 0 Å². The first-order valence-electron chi connectivity index (χ1n) is 2.46. The minimum Gasteiger partial charge on any atom is -0.480 e. The van der Waals surface area contributed by atoms with Crippen LogP contribution in [0.4, 0.5) is 0 Å². The lowest BCUT2D eigenvalue weighted by molar-refractivity contribution is 0.392. The van der Waals surface area contributed by atoms with Gasteiger partial charge in [0, 0.05) is 11.7 Å². The van der Waals surface area contributed by atoms with E-state index in [1.807, 2.05) is 0 Å². The molecule has 0 fully saturated rings. The summed E-state index contributed by atoms with van der Waals surface area (Å²) in [5, 5.41) is 7.15. The van der Waals surface area contributed by atoms with Crippen molar-refractivity contribution in [3.8, 4) is 5.88 Å². The molecule has 3 nitrogen and oxygen atoms in total. The van der Waals surface area contributed by atoms with Crippen molar-refractivity contribution in [2.75, 3.05) is 7.11 Å². The molecule has 1 aromatic rings. The van der Waals surface area contributed by atoms with Crippen LogP contribution in [0.5, 0.6) is 5.88 Å². The number of ether oxygens (including phenoxy) is 1. The number of hydrogen-bond donors (Lipinski definition) is 0. The first-order valence-corrected chi connectivity index (χ1v) is 2.46. The van der Waals surface area contributed by atoms with Crippen molar-refractivity contribution < 1.29 is 4.74 Å². The zero-order valence-corrected chi connectivity index (χ0v) is 5.03. The van der Waals surface area contributed by atoms with Crippen molar-refractivity contribution in [3.05, 3.63) is 12.1 Å². The van der Waals surface area contributed by atoms with Crippen LogP contribution >= 0.6 is 0 Å². The molecule has 0 N–H and O–H groups in total. The molecule has 0 saturated heterocycles. The number of methoxy groups -OCH3 is 1. The van der Waals surface area contributed by atoms with Crippen molar-refractivity contribution in [3.63, 3.8) is 0 Å². The molecule has 0 amide bonds. The highest BCUT2D eigenvalue weighted by Gasteiger charge is 1.88. The molecule has 0 saturated carbocycles. The number of nitrogens with zero attached hydrogens (tertiary/aromatic N) is 2. The fourth-order valence-corrected chi connectivity index (χ4v) is 0.439. The molecule has 0 aromatic carbocycles. The average molecular weight is 120 g/mol. The Labute approximate surface area is 54.5 Å². The molecule has 2 radical (unpaired) electrons. The van der Waals surface area contributed by atoms with E-state index in [2.05, 4.69) is 10.2 Å². The maximum atomic E-state index is 5.25. The fourth-order valence-electron chi connectivity index (χ4n) is 0.439. The van der Waals surface area contributed by atoms with Crippen molar-refractivity contribution in [2.45, 2.75) is 0 Å². The molecule has 44 valence electrons. The van der Waals surface area contributed by atoms with Crippen LogP contribution in [0.3, 0.4) is 0 Å². The van der Waals surface area contributed by atoms with Crippen molar-refractivity contribution in [1.29, 1.82) is 0 Å². The van der Waals surface area contributed by atoms with Crippen LogP contribution in [-0.4, -0.2) is 25.2 Å². The lowest BCUT2D eigenvalue weighted by Gasteiger charge is -1.94. The Morgan fingerprint density at radius 3 is 2.67 bits per heavy atom. The maximum Gasteiger partial charge on any atom is 0.233 e. The van der Waals surface area contributed by atoms with E-state index in [0.29, 0.717) is 11.5 Å². The largest absolute Gasteiger partial charge is 0.480 e. The van der Waals surface area contributed by atoms with Gasteiger partial charge in [-0.15, -0.1) is 5.10 Å². The van der Waals surface area contributed by atoms with Crippen LogP contribution in [0.1, 0.15) is 0 Å². The Morgan fingerprint density at radius 2 is 2.22 bits per heavy atom. The second-order valence-corrected chi connectivity index (χ2v) is 1.50. The van der Waals surface area contributed by atoms with Crippen LogP contribution < -0.4 is 10.3 Å². The molecule has 0 aliphatic heterocycles. The maximum absolute atomic E-state index is 5.25. The van der Waals surface area contributed by atoms with Gasteiger partial charge in [-0.2, -0.15) is 5.10 Å². The van der Waals surface area contributed by atoms with Crippen LogP contribution in [-0.2, 0) is 0 Å². The van der Waals surface area contributed by atoms with Gasteiger partial charge in [-0.25, -0.2) is 0 Å². The summed E-state index contributed by atoms with van der Waals surface area (Å²) in [5.74, 6) is 0.476. The van der Waals surface area contributed by atoms with Gasteiger partial charge in [0.25, 0.3) is 0 Å². The SMILES string of the molecule is [B]c1ccc(OC)nn1. The van der Waals surface area contributed by atoms with Gasteiger partial charge in [0.05, 0.1) is 7.11 Å². The normalized spacial score (nSPS) is 9.00. The molecule has 0 aliphatic carbocycles. The molecule has 4 heteroatoms. The van der Waals surface area contributed by atoms with Gasteiger partial charge in [-0.05, 0) is 6.07 Å². The zero-order chi connectivity index (χ0) is 6.69. The molecule has 0 aliphatic rings. The highest BCUT2D eigenvalue weighted by atomic mass is 16.5. The minimum atomic E-state index is 0.399. The third-order valence-electron chi connectivity index (χ3n) is 0.870. The number of aromatic nitrogens is 2. The molecule has 1 aromatic heterocycles. The Bertz CT molecular complexity index is 187. The average Bonchev–Trinajstić information content (AvgIpc) is 1.90.